The third-order valence-electron chi connectivity index (χ3n) is 3.42. The molecule has 0 saturated carbocycles. The lowest BCUT2D eigenvalue weighted by molar-refractivity contribution is 0.310. The third-order valence-corrected chi connectivity index (χ3v) is 3.78. The molecule has 0 aliphatic heterocycles. The van der Waals surface area contributed by atoms with Crippen LogP contribution in [0.15, 0.2) is 22.7 Å². The molecule has 0 radical (unpaired) electrons. The predicted octanol–water partition coefficient (Wildman–Crippen LogP) is 3.50. The van der Waals surface area contributed by atoms with E-state index in [1.165, 1.54) is 6.07 Å². The molecule has 0 bridgehead atoms. The second-order valence-electron chi connectivity index (χ2n) is 4.84. The van der Waals surface area contributed by atoms with Crippen LogP contribution in [0.5, 0.6) is 0 Å². The van der Waals surface area contributed by atoms with Gasteiger partial charge >= 0.3 is 0 Å². The van der Waals surface area contributed by atoms with Gasteiger partial charge in [0.15, 0.2) is 5.82 Å². The average molecular weight is 298 g/mol. The Bertz CT molecular complexity index is 567. The van der Waals surface area contributed by atoms with Gasteiger partial charge in [-0.15, -0.1) is 0 Å². The van der Waals surface area contributed by atoms with E-state index < -0.39 is 0 Å². The normalized spacial score (nSPS) is 14.2. The van der Waals surface area contributed by atoms with Crippen molar-refractivity contribution >= 4 is 11.6 Å². The van der Waals surface area contributed by atoms with Crippen molar-refractivity contribution in [2.45, 2.75) is 32.7 Å². The Morgan fingerprint density at radius 2 is 2.20 bits per heavy atom. The highest BCUT2D eigenvalue weighted by molar-refractivity contribution is 6.31. The van der Waals surface area contributed by atoms with Gasteiger partial charge in [0, 0.05) is 17.0 Å². The summed E-state index contributed by atoms with van der Waals surface area (Å²) in [5.74, 6) is 0.614. The highest BCUT2D eigenvalue weighted by atomic mass is 35.5. The second-order valence-corrected chi connectivity index (χ2v) is 5.24. The average Bonchev–Trinajstić information content (AvgIpc) is 2.90. The van der Waals surface area contributed by atoms with Crippen molar-refractivity contribution in [2.24, 2.45) is 11.7 Å². The van der Waals surface area contributed by atoms with E-state index in [9.17, 15) is 4.39 Å². The van der Waals surface area contributed by atoms with Crippen molar-refractivity contribution in [2.75, 3.05) is 0 Å². The molecule has 2 aromatic rings. The van der Waals surface area contributed by atoms with Crippen molar-refractivity contribution in [1.29, 1.82) is 0 Å². The molecule has 1 aromatic heterocycles. The lowest BCUT2D eigenvalue weighted by Gasteiger charge is -2.12. The van der Waals surface area contributed by atoms with E-state index in [-0.39, 0.29) is 24.2 Å². The smallest absolute Gasteiger partial charge is 0.243 e. The van der Waals surface area contributed by atoms with E-state index in [0.717, 1.165) is 6.42 Å². The maximum atomic E-state index is 13.7. The van der Waals surface area contributed by atoms with E-state index in [4.69, 9.17) is 21.9 Å². The molecule has 6 heteroatoms. The topological polar surface area (TPSA) is 64.9 Å². The van der Waals surface area contributed by atoms with Crippen LogP contribution in [0, 0.1) is 11.7 Å². The Morgan fingerprint density at radius 3 is 2.85 bits per heavy atom. The largest absolute Gasteiger partial charge is 0.338 e. The van der Waals surface area contributed by atoms with E-state index >= 15 is 0 Å². The van der Waals surface area contributed by atoms with Crippen molar-refractivity contribution in [3.05, 3.63) is 46.3 Å². The van der Waals surface area contributed by atoms with Gasteiger partial charge in [-0.05, 0) is 18.1 Å². The lowest BCUT2D eigenvalue weighted by atomic mass is 10.0. The quantitative estimate of drug-likeness (QED) is 0.917. The standard InChI is InChI=1S/C14H17ClFN3O/c1-3-8(2)13(17)14-18-12(19-20-14)7-9-10(15)5-4-6-11(9)16/h4-6,8,13H,3,7,17H2,1-2H3. The van der Waals surface area contributed by atoms with Gasteiger partial charge in [-0.1, -0.05) is 43.1 Å². The minimum absolute atomic E-state index is 0.183. The first-order valence-electron chi connectivity index (χ1n) is 6.53. The maximum Gasteiger partial charge on any atom is 0.243 e. The highest BCUT2D eigenvalue weighted by Crippen LogP contribution is 2.23. The predicted molar refractivity (Wildman–Crippen MR) is 74.9 cm³/mol. The summed E-state index contributed by atoms with van der Waals surface area (Å²) < 4.78 is 18.8. The van der Waals surface area contributed by atoms with Crippen LogP contribution < -0.4 is 5.73 Å². The van der Waals surface area contributed by atoms with Crippen LogP contribution in [0.1, 0.15) is 43.6 Å². The van der Waals surface area contributed by atoms with Crippen molar-refractivity contribution in [3.8, 4) is 0 Å². The number of nitrogens with two attached hydrogens (primary N) is 1. The van der Waals surface area contributed by atoms with Crippen LogP contribution in [0.3, 0.4) is 0 Å². The molecular formula is C14H17ClFN3O. The molecule has 0 saturated heterocycles. The SMILES string of the molecule is CCC(C)C(N)c1nc(Cc2c(F)cccc2Cl)no1. The molecule has 1 aromatic carbocycles. The summed E-state index contributed by atoms with van der Waals surface area (Å²) in [6.07, 6.45) is 1.10. The van der Waals surface area contributed by atoms with E-state index in [2.05, 4.69) is 10.1 Å². The Hall–Kier alpha value is -1.46. The van der Waals surface area contributed by atoms with Gasteiger partial charge in [-0.25, -0.2) is 4.39 Å². The fourth-order valence-corrected chi connectivity index (χ4v) is 2.06. The number of halogens is 2. The van der Waals surface area contributed by atoms with E-state index in [1.54, 1.807) is 12.1 Å². The van der Waals surface area contributed by atoms with Crippen molar-refractivity contribution in [3.63, 3.8) is 0 Å². The first-order chi connectivity index (χ1) is 9.52. The monoisotopic (exact) mass is 297 g/mol. The van der Waals surface area contributed by atoms with Crippen LogP contribution in [-0.2, 0) is 6.42 Å². The first-order valence-corrected chi connectivity index (χ1v) is 6.91. The summed E-state index contributed by atoms with van der Waals surface area (Å²) in [7, 11) is 0. The van der Waals surface area contributed by atoms with E-state index in [1.807, 2.05) is 13.8 Å². The number of rotatable bonds is 5. The van der Waals surface area contributed by atoms with Gasteiger partial charge in [0.25, 0.3) is 0 Å². The fraction of sp³-hybridized carbons (Fsp3) is 0.429. The molecular weight excluding hydrogens is 281 g/mol. The maximum absolute atomic E-state index is 13.7. The Balaban J connectivity index is 2.18. The van der Waals surface area contributed by atoms with Crippen LogP contribution >= 0.6 is 11.6 Å². The van der Waals surface area contributed by atoms with Gasteiger partial charge < -0.3 is 10.3 Å². The van der Waals surface area contributed by atoms with Gasteiger partial charge in [-0.2, -0.15) is 4.98 Å². The van der Waals surface area contributed by atoms with E-state index in [0.29, 0.717) is 22.3 Å². The molecule has 0 amide bonds. The Labute approximate surface area is 122 Å². The second kappa shape index (κ2) is 6.33. The zero-order valence-electron chi connectivity index (χ0n) is 11.4. The molecule has 2 atom stereocenters. The molecule has 1 heterocycles. The molecule has 108 valence electrons. The third kappa shape index (κ3) is 3.16. The number of nitrogens with zero attached hydrogens (tertiary/aromatic N) is 2. The Kier molecular flexibility index (Phi) is 4.73. The minimum atomic E-state index is -0.380. The lowest BCUT2D eigenvalue weighted by Crippen LogP contribution is -2.18. The van der Waals surface area contributed by atoms with Gasteiger partial charge in [0.2, 0.25) is 5.89 Å². The molecule has 0 aliphatic carbocycles. The van der Waals surface area contributed by atoms with Crippen LogP contribution in [-0.4, -0.2) is 10.1 Å². The molecule has 2 unspecified atom stereocenters. The molecule has 4 nitrogen and oxygen atoms in total. The molecule has 2 N–H and O–H groups in total. The van der Waals surface area contributed by atoms with Crippen LogP contribution in [0.25, 0.3) is 0 Å². The first kappa shape index (κ1) is 14.9. The summed E-state index contributed by atoms with van der Waals surface area (Å²) >= 11 is 5.97. The number of hydrogen-bond donors (Lipinski definition) is 1. The fourth-order valence-electron chi connectivity index (χ4n) is 1.83. The molecule has 0 fully saturated rings. The Morgan fingerprint density at radius 1 is 1.45 bits per heavy atom. The van der Waals surface area contributed by atoms with Crippen molar-refractivity contribution < 1.29 is 8.91 Å². The summed E-state index contributed by atoms with van der Waals surface area (Å²) in [5.41, 5.74) is 6.38. The zero-order valence-corrected chi connectivity index (χ0v) is 12.2. The minimum Gasteiger partial charge on any atom is -0.338 e. The van der Waals surface area contributed by atoms with Gasteiger partial charge in [0.1, 0.15) is 5.82 Å². The number of aromatic nitrogens is 2. The summed E-state index contributed by atoms with van der Waals surface area (Å²) in [5, 5.41) is 4.19. The number of hydrogen-bond acceptors (Lipinski definition) is 4. The van der Waals surface area contributed by atoms with Gasteiger partial charge in [-0.3, -0.25) is 0 Å². The summed E-state index contributed by atoms with van der Waals surface area (Å²) in [4.78, 5) is 4.23. The summed E-state index contributed by atoms with van der Waals surface area (Å²) in [6, 6.07) is 4.23. The molecule has 2 rings (SSSR count). The highest BCUT2D eigenvalue weighted by Gasteiger charge is 2.20. The zero-order chi connectivity index (χ0) is 14.7. The molecule has 0 spiro atoms. The number of benzene rings is 1. The van der Waals surface area contributed by atoms with Gasteiger partial charge in [0.05, 0.1) is 6.04 Å². The van der Waals surface area contributed by atoms with Crippen LogP contribution in [0.2, 0.25) is 5.02 Å². The van der Waals surface area contributed by atoms with Crippen molar-refractivity contribution in [1.82, 2.24) is 10.1 Å². The molecule has 20 heavy (non-hydrogen) atoms. The summed E-state index contributed by atoms with van der Waals surface area (Å²) in [6.45, 7) is 4.06. The molecule has 0 aliphatic rings. The van der Waals surface area contributed by atoms with Crippen LogP contribution in [0.4, 0.5) is 4.39 Å².